The molecule has 0 radical (unpaired) electrons. The van der Waals surface area contributed by atoms with E-state index in [0.717, 1.165) is 22.1 Å². The van der Waals surface area contributed by atoms with E-state index >= 15 is 0 Å². The molecule has 0 aliphatic heterocycles. The Morgan fingerprint density at radius 2 is 1.50 bits per heavy atom. The minimum absolute atomic E-state index is 0.362. The summed E-state index contributed by atoms with van der Waals surface area (Å²) in [5.74, 6) is -0.754. The fourth-order valence-corrected chi connectivity index (χ4v) is 2.64. The molecule has 132 valence electrons. The summed E-state index contributed by atoms with van der Waals surface area (Å²) >= 11 is 3.34. The van der Waals surface area contributed by atoms with Crippen LogP contribution in [0.3, 0.4) is 0 Å². The van der Waals surface area contributed by atoms with Gasteiger partial charge in [-0.25, -0.2) is 4.68 Å². The second kappa shape index (κ2) is 7.97. The molecule has 3 rings (SSSR count). The van der Waals surface area contributed by atoms with E-state index in [1.54, 1.807) is 47.3 Å². The number of benzene rings is 2. The smallest absolute Gasteiger partial charge is 0.267 e. The summed E-state index contributed by atoms with van der Waals surface area (Å²) in [6, 6.07) is 14.1. The molecule has 6 nitrogen and oxygen atoms in total. The number of amides is 2. The number of hydrogen-bond donors (Lipinski definition) is 2. The van der Waals surface area contributed by atoms with Gasteiger partial charge in [0.1, 0.15) is 0 Å². The first-order chi connectivity index (χ1) is 12.6. The highest BCUT2D eigenvalue weighted by atomic mass is 79.9. The van der Waals surface area contributed by atoms with Gasteiger partial charge in [0.15, 0.2) is 0 Å². The van der Waals surface area contributed by atoms with Gasteiger partial charge >= 0.3 is 0 Å². The molecule has 2 aromatic carbocycles. The molecular weight excluding hydrogens is 396 g/mol. The number of aryl methyl sites for hydroxylation is 1. The Labute approximate surface area is 159 Å². The molecule has 0 saturated carbocycles. The number of rotatable bonds is 4. The van der Waals surface area contributed by atoms with Crippen LogP contribution in [-0.4, -0.2) is 21.6 Å². The molecule has 1 aromatic heterocycles. The van der Waals surface area contributed by atoms with Gasteiger partial charge in [-0.2, -0.15) is 5.10 Å². The number of nitrogens with one attached hydrogen (secondary N) is 2. The number of carbonyl (C=O) groups excluding carboxylic acids is 2. The molecule has 0 saturated heterocycles. The van der Waals surface area contributed by atoms with Crippen LogP contribution in [0.25, 0.3) is 5.69 Å². The molecular formula is C19H17BrN4O2. The fraction of sp³-hybridized carbons (Fsp3) is 0.105. The molecule has 0 atom stereocenters. The van der Waals surface area contributed by atoms with Crippen molar-refractivity contribution >= 4 is 27.7 Å². The van der Waals surface area contributed by atoms with E-state index in [2.05, 4.69) is 31.9 Å². The van der Waals surface area contributed by atoms with E-state index in [0.29, 0.717) is 11.1 Å². The summed E-state index contributed by atoms with van der Waals surface area (Å²) in [5.41, 5.74) is 7.74. The van der Waals surface area contributed by atoms with Crippen molar-refractivity contribution in [3.8, 4) is 5.69 Å². The minimum atomic E-state index is -0.392. The normalized spacial score (nSPS) is 10.4. The second-order valence-corrected chi connectivity index (χ2v) is 6.52. The van der Waals surface area contributed by atoms with Gasteiger partial charge in [-0.15, -0.1) is 0 Å². The molecule has 3 aromatic rings. The lowest BCUT2D eigenvalue weighted by Crippen LogP contribution is -2.41. The number of nitrogens with zero attached hydrogens (tertiary/aromatic N) is 2. The van der Waals surface area contributed by atoms with Crippen LogP contribution in [-0.2, 0) is 6.42 Å². The largest absolute Gasteiger partial charge is 0.269 e. The number of carbonyl (C=O) groups is 2. The molecule has 2 N–H and O–H groups in total. The average Bonchev–Trinajstić information content (AvgIpc) is 3.12. The van der Waals surface area contributed by atoms with Crippen molar-refractivity contribution in [3.05, 3.63) is 82.1 Å². The maximum Gasteiger partial charge on any atom is 0.269 e. The predicted molar refractivity (Wildman–Crippen MR) is 102 cm³/mol. The third-order valence-electron chi connectivity index (χ3n) is 3.86. The van der Waals surface area contributed by atoms with Crippen LogP contribution in [0, 0.1) is 0 Å². The molecule has 2 amide bonds. The van der Waals surface area contributed by atoms with Crippen molar-refractivity contribution in [1.82, 2.24) is 20.6 Å². The third kappa shape index (κ3) is 4.18. The molecule has 1 heterocycles. The van der Waals surface area contributed by atoms with Crippen molar-refractivity contribution in [2.75, 3.05) is 0 Å². The maximum atomic E-state index is 12.2. The van der Waals surface area contributed by atoms with Crippen molar-refractivity contribution < 1.29 is 9.59 Å². The third-order valence-corrected chi connectivity index (χ3v) is 4.27. The van der Waals surface area contributed by atoms with Crippen molar-refractivity contribution in [2.45, 2.75) is 13.3 Å². The zero-order valence-electron chi connectivity index (χ0n) is 14.1. The number of hydrogen-bond acceptors (Lipinski definition) is 3. The summed E-state index contributed by atoms with van der Waals surface area (Å²) in [6.45, 7) is 2.05. The molecule has 0 bridgehead atoms. The Hall–Kier alpha value is -2.93. The van der Waals surface area contributed by atoms with E-state index in [1.807, 2.05) is 25.3 Å². The van der Waals surface area contributed by atoms with E-state index in [-0.39, 0.29) is 5.91 Å². The first-order valence-electron chi connectivity index (χ1n) is 8.07. The van der Waals surface area contributed by atoms with Crippen LogP contribution < -0.4 is 10.9 Å². The first kappa shape index (κ1) is 17.9. The number of aromatic nitrogens is 2. The number of hydrazine groups is 1. The molecule has 0 unspecified atom stereocenters. The monoisotopic (exact) mass is 412 g/mol. The van der Waals surface area contributed by atoms with Gasteiger partial charge in [0, 0.05) is 17.3 Å². The van der Waals surface area contributed by atoms with Crippen molar-refractivity contribution in [2.24, 2.45) is 0 Å². The van der Waals surface area contributed by atoms with Crippen LogP contribution >= 0.6 is 15.9 Å². The molecule has 0 aliphatic rings. The summed E-state index contributed by atoms with van der Waals surface area (Å²) < 4.78 is 2.56. The zero-order chi connectivity index (χ0) is 18.5. The lowest BCUT2D eigenvalue weighted by Gasteiger charge is -2.08. The van der Waals surface area contributed by atoms with Crippen LogP contribution in [0.4, 0.5) is 0 Å². The quantitative estimate of drug-likeness (QED) is 0.645. The molecule has 0 aliphatic carbocycles. The molecule has 0 spiro atoms. The summed E-state index contributed by atoms with van der Waals surface area (Å²) in [5, 5.41) is 4.18. The molecule has 0 fully saturated rings. The Kier molecular flexibility index (Phi) is 5.48. The fourth-order valence-electron chi connectivity index (χ4n) is 2.36. The summed E-state index contributed by atoms with van der Waals surface area (Å²) in [6.07, 6.45) is 4.41. The van der Waals surface area contributed by atoms with Crippen LogP contribution in [0.1, 0.15) is 33.2 Å². The van der Waals surface area contributed by atoms with Gasteiger partial charge in [0.2, 0.25) is 0 Å². The topological polar surface area (TPSA) is 76.0 Å². The van der Waals surface area contributed by atoms with Gasteiger partial charge in [0.25, 0.3) is 11.8 Å². The van der Waals surface area contributed by atoms with Gasteiger partial charge in [0.05, 0.1) is 16.4 Å². The van der Waals surface area contributed by atoms with Gasteiger partial charge in [-0.1, -0.05) is 19.1 Å². The van der Waals surface area contributed by atoms with Crippen LogP contribution in [0.2, 0.25) is 0 Å². The van der Waals surface area contributed by atoms with Gasteiger partial charge in [-0.05, 0) is 64.3 Å². The Bertz CT molecular complexity index is 917. The van der Waals surface area contributed by atoms with E-state index in [1.165, 1.54) is 0 Å². The highest BCUT2D eigenvalue weighted by molar-refractivity contribution is 9.10. The van der Waals surface area contributed by atoms with E-state index in [4.69, 9.17) is 0 Å². The zero-order valence-corrected chi connectivity index (χ0v) is 15.7. The van der Waals surface area contributed by atoms with Crippen molar-refractivity contribution in [1.29, 1.82) is 0 Å². The highest BCUT2D eigenvalue weighted by Gasteiger charge is 2.09. The van der Waals surface area contributed by atoms with E-state index < -0.39 is 5.91 Å². The van der Waals surface area contributed by atoms with E-state index in [9.17, 15) is 9.59 Å². The summed E-state index contributed by atoms with van der Waals surface area (Å²) in [4.78, 5) is 24.3. The highest BCUT2D eigenvalue weighted by Crippen LogP contribution is 2.13. The summed E-state index contributed by atoms with van der Waals surface area (Å²) in [7, 11) is 0. The SMILES string of the molecule is CCc1ccc(C(=O)NNC(=O)c2ccc(-n3cc(Br)cn3)cc2)cc1. The Balaban J connectivity index is 1.59. The molecule has 7 heteroatoms. The Morgan fingerprint density at radius 3 is 1.96 bits per heavy atom. The first-order valence-corrected chi connectivity index (χ1v) is 8.86. The van der Waals surface area contributed by atoms with Crippen LogP contribution in [0.15, 0.2) is 65.4 Å². The minimum Gasteiger partial charge on any atom is -0.267 e. The van der Waals surface area contributed by atoms with Gasteiger partial charge < -0.3 is 0 Å². The average molecular weight is 413 g/mol. The van der Waals surface area contributed by atoms with Crippen molar-refractivity contribution in [3.63, 3.8) is 0 Å². The van der Waals surface area contributed by atoms with Gasteiger partial charge in [-0.3, -0.25) is 20.4 Å². The van der Waals surface area contributed by atoms with Crippen LogP contribution in [0.5, 0.6) is 0 Å². The Morgan fingerprint density at radius 1 is 0.962 bits per heavy atom. The standard InChI is InChI=1S/C19H17BrN4O2/c1-2-13-3-5-14(6-4-13)18(25)22-23-19(26)15-7-9-17(10-8-15)24-12-16(20)11-21-24/h3-12H,2H2,1H3,(H,22,25)(H,23,26). The lowest BCUT2D eigenvalue weighted by molar-refractivity contribution is 0.0846. The molecule has 26 heavy (non-hydrogen) atoms. The lowest BCUT2D eigenvalue weighted by atomic mass is 10.1. The maximum absolute atomic E-state index is 12.2. The predicted octanol–water partition coefficient (Wildman–Crippen LogP) is 3.27. The second-order valence-electron chi connectivity index (χ2n) is 5.61. The number of halogens is 1.